The maximum atomic E-state index is 13.8. The molecule has 2 fully saturated rings. The van der Waals surface area contributed by atoms with Crippen LogP contribution in [-0.2, 0) is 15.8 Å². The van der Waals surface area contributed by atoms with Gasteiger partial charge in [-0.2, -0.15) is 13.2 Å². The Labute approximate surface area is 220 Å². The van der Waals surface area contributed by atoms with Crippen molar-refractivity contribution in [2.45, 2.75) is 32.9 Å². The SMILES string of the molecule is CCN(CC)CCOc1ccc(N=C2NC(=O)C(=Cc3cnc(NC(=O)C4CC4)s3)S2)c(C(F)(F)F)c1. The number of thiazole rings is 1. The minimum absolute atomic E-state index is 0.0312. The van der Waals surface area contributed by atoms with Crippen LogP contribution in [0, 0.1) is 5.92 Å². The molecule has 1 saturated heterocycles. The van der Waals surface area contributed by atoms with Gasteiger partial charge < -0.3 is 20.3 Å². The van der Waals surface area contributed by atoms with E-state index < -0.39 is 17.6 Å². The summed E-state index contributed by atoms with van der Waals surface area (Å²) < 4.78 is 46.9. The number of halogens is 3. The lowest BCUT2D eigenvalue weighted by Crippen LogP contribution is -2.27. The third kappa shape index (κ3) is 7.33. The van der Waals surface area contributed by atoms with Crippen LogP contribution in [0.1, 0.15) is 37.1 Å². The molecule has 8 nitrogen and oxygen atoms in total. The van der Waals surface area contributed by atoms with Crippen LogP contribution < -0.4 is 15.4 Å². The lowest BCUT2D eigenvalue weighted by atomic mass is 10.1. The lowest BCUT2D eigenvalue weighted by molar-refractivity contribution is -0.137. The summed E-state index contributed by atoms with van der Waals surface area (Å²) >= 11 is 2.13. The Morgan fingerprint density at radius 2 is 2.08 bits per heavy atom. The van der Waals surface area contributed by atoms with Gasteiger partial charge in [-0.15, -0.1) is 0 Å². The highest BCUT2D eigenvalue weighted by Crippen LogP contribution is 2.40. The predicted molar refractivity (Wildman–Crippen MR) is 139 cm³/mol. The van der Waals surface area contributed by atoms with Crippen molar-refractivity contribution in [3.63, 3.8) is 0 Å². The van der Waals surface area contributed by atoms with E-state index in [9.17, 15) is 22.8 Å². The van der Waals surface area contributed by atoms with Crippen LogP contribution in [0.5, 0.6) is 5.75 Å². The van der Waals surface area contributed by atoms with Crippen molar-refractivity contribution in [2.75, 3.05) is 31.6 Å². The van der Waals surface area contributed by atoms with E-state index in [2.05, 4.69) is 25.5 Å². The second-order valence-electron chi connectivity index (χ2n) is 8.37. The van der Waals surface area contributed by atoms with Gasteiger partial charge in [0.05, 0.1) is 21.0 Å². The molecular weight excluding hydrogens is 527 g/mol. The number of nitrogens with one attached hydrogen (secondary N) is 2. The fourth-order valence-corrected chi connectivity index (χ4v) is 5.11. The van der Waals surface area contributed by atoms with E-state index in [1.807, 2.05) is 13.8 Å². The van der Waals surface area contributed by atoms with Gasteiger partial charge >= 0.3 is 6.18 Å². The van der Waals surface area contributed by atoms with Crippen molar-refractivity contribution in [2.24, 2.45) is 10.9 Å². The molecule has 2 aliphatic rings. The number of ether oxygens (including phenoxy) is 1. The zero-order chi connectivity index (χ0) is 26.6. The average molecular weight is 554 g/mol. The van der Waals surface area contributed by atoms with Gasteiger partial charge in [0.1, 0.15) is 12.4 Å². The number of nitrogens with zero attached hydrogens (tertiary/aromatic N) is 3. The first-order valence-corrected chi connectivity index (χ1v) is 13.4. The molecule has 4 rings (SSSR count). The second kappa shape index (κ2) is 11.7. The summed E-state index contributed by atoms with van der Waals surface area (Å²) in [5.74, 6) is -0.417. The van der Waals surface area contributed by atoms with Gasteiger partial charge in [0.25, 0.3) is 5.91 Å². The normalized spacial score (nSPS) is 18.1. The number of aliphatic imine (C=N–C) groups is 1. The van der Waals surface area contributed by atoms with Crippen LogP contribution in [0.15, 0.2) is 34.3 Å². The summed E-state index contributed by atoms with van der Waals surface area (Å²) in [5.41, 5.74) is -1.28. The molecule has 13 heteroatoms. The molecule has 1 aliphatic carbocycles. The number of benzene rings is 1. The van der Waals surface area contributed by atoms with E-state index in [0.29, 0.717) is 16.6 Å². The van der Waals surface area contributed by atoms with Gasteiger partial charge in [-0.3, -0.25) is 9.59 Å². The first kappa shape index (κ1) is 27.1. The van der Waals surface area contributed by atoms with Crippen molar-refractivity contribution in [1.29, 1.82) is 0 Å². The van der Waals surface area contributed by atoms with Crippen molar-refractivity contribution in [3.8, 4) is 5.75 Å². The van der Waals surface area contributed by atoms with Crippen LogP contribution in [-0.4, -0.2) is 53.1 Å². The number of carbonyl (C=O) groups excluding carboxylic acids is 2. The number of rotatable bonds is 10. The van der Waals surface area contributed by atoms with E-state index >= 15 is 0 Å². The van der Waals surface area contributed by atoms with E-state index in [4.69, 9.17) is 4.74 Å². The van der Waals surface area contributed by atoms with Gasteiger partial charge in [-0.1, -0.05) is 25.2 Å². The van der Waals surface area contributed by atoms with Crippen LogP contribution >= 0.6 is 23.1 Å². The molecule has 2 N–H and O–H groups in total. The monoisotopic (exact) mass is 553 g/mol. The number of alkyl halides is 3. The Hall–Kier alpha value is -2.90. The largest absolute Gasteiger partial charge is 0.492 e. The number of hydrogen-bond donors (Lipinski definition) is 2. The summed E-state index contributed by atoms with van der Waals surface area (Å²) in [5, 5.41) is 5.70. The molecule has 1 saturated carbocycles. The maximum absolute atomic E-state index is 13.8. The standard InChI is InChI=1S/C24H26F3N5O3S2/c1-3-32(4-2)9-10-35-15-7-8-18(17(11-15)24(25,26)27)29-23-31-21(34)19(37-23)12-16-13-28-22(36-16)30-20(33)14-5-6-14/h7-8,11-14H,3-6,9-10H2,1-2H3,(H,28,30,33)(H,29,31,34). The highest BCUT2D eigenvalue weighted by molar-refractivity contribution is 8.18. The number of aromatic nitrogens is 1. The molecule has 1 aliphatic heterocycles. The maximum Gasteiger partial charge on any atom is 0.418 e. The topological polar surface area (TPSA) is 95.9 Å². The molecule has 37 heavy (non-hydrogen) atoms. The number of amides is 2. The van der Waals surface area contributed by atoms with Crippen LogP contribution in [0.25, 0.3) is 6.08 Å². The van der Waals surface area contributed by atoms with Crippen LogP contribution in [0.4, 0.5) is 24.0 Å². The quantitative estimate of drug-likeness (QED) is 0.397. The number of likely N-dealkylation sites (N-methyl/N-ethyl adjacent to an activating group) is 1. The van der Waals surface area contributed by atoms with Crippen molar-refractivity contribution in [1.82, 2.24) is 15.2 Å². The molecule has 1 aromatic carbocycles. The van der Waals surface area contributed by atoms with E-state index in [0.717, 1.165) is 43.8 Å². The van der Waals surface area contributed by atoms with Crippen molar-refractivity contribution in [3.05, 3.63) is 39.7 Å². The first-order valence-electron chi connectivity index (χ1n) is 11.8. The third-order valence-electron chi connectivity index (χ3n) is 5.69. The van der Waals surface area contributed by atoms with Crippen molar-refractivity contribution >= 4 is 57.0 Å². The summed E-state index contributed by atoms with van der Waals surface area (Å²) in [6.07, 6.45) is 0.160. The minimum atomic E-state index is -4.66. The Morgan fingerprint density at radius 1 is 1.32 bits per heavy atom. The fourth-order valence-electron chi connectivity index (χ4n) is 3.45. The Bertz CT molecular complexity index is 1220. The number of hydrogen-bond acceptors (Lipinski definition) is 8. The Balaban J connectivity index is 1.46. The highest BCUT2D eigenvalue weighted by Gasteiger charge is 2.35. The smallest absolute Gasteiger partial charge is 0.418 e. The van der Waals surface area contributed by atoms with Crippen LogP contribution in [0.3, 0.4) is 0 Å². The lowest BCUT2D eigenvalue weighted by Gasteiger charge is -2.18. The zero-order valence-corrected chi connectivity index (χ0v) is 21.9. The molecule has 0 unspecified atom stereocenters. The zero-order valence-electron chi connectivity index (χ0n) is 20.2. The minimum Gasteiger partial charge on any atom is -0.492 e. The summed E-state index contributed by atoms with van der Waals surface area (Å²) in [6, 6.07) is 3.59. The van der Waals surface area contributed by atoms with Crippen LogP contribution in [0.2, 0.25) is 0 Å². The van der Waals surface area contributed by atoms with Gasteiger partial charge in [-0.25, -0.2) is 9.98 Å². The van der Waals surface area contributed by atoms with E-state index in [-0.39, 0.29) is 39.9 Å². The number of thioether (sulfide) groups is 1. The first-order chi connectivity index (χ1) is 17.7. The van der Waals surface area contributed by atoms with E-state index in [1.165, 1.54) is 29.7 Å². The fraction of sp³-hybridized carbons (Fsp3) is 0.417. The van der Waals surface area contributed by atoms with Gasteiger partial charge in [0.15, 0.2) is 10.3 Å². The molecular formula is C24H26F3N5O3S2. The Kier molecular flexibility index (Phi) is 8.55. The summed E-state index contributed by atoms with van der Waals surface area (Å²) in [7, 11) is 0. The highest BCUT2D eigenvalue weighted by atomic mass is 32.2. The molecule has 2 aromatic rings. The van der Waals surface area contributed by atoms with Gasteiger partial charge in [0, 0.05) is 18.7 Å². The number of amidine groups is 1. The molecule has 2 heterocycles. The average Bonchev–Trinajstić information content (AvgIpc) is 3.53. The summed E-state index contributed by atoms with van der Waals surface area (Å²) in [6.45, 7) is 6.52. The predicted octanol–water partition coefficient (Wildman–Crippen LogP) is 5.12. The molecule has 1 aromatic heterocycles. The van der Waals surface area contributed by atoms with E-state index in [1.54, 1.807) is 6.08 Å². The number of carbonyl (C=O) groups is 2. The second-order valence-corrected chi connectivity index (χ2v) is 10.5. The number of anilines is 1. The van der Waals surface area contributed by atoms with Gasteiger partial charge in [0.2, 0.25) is 5.91 Å². The molecule has 0 atom stereocenters. The molecule has 0 radical (unpaired) electrons. The third-order valence-corrected chi connectivity index (χ3v) is 7.46. The molecule has 0 bridgehead atoms. The Morgan fingerprint density at radius 3 is 2.76 bits per heavy atom. The molecule has 0 spiro atoms. The summed E-state index contributed by atoms with van der Waals surface area (Å²) in [4.78, 5) is 35.5. The molecule has 2 amide bonds. The van der Waals surface area contributed by atoms with Gasteiger partial charge in [-0.05, 0) is 62.0 Å². The van der Waals surface area contributed by atoms with Crippen molar-refractivity contribution < 1.29 is 27.5 Å². The molecule has 198 valence electrons.